The fourth-order valence-corrected chi connectivity index (χ4v) is 2.55. The van der Waals surface area contributed by atoms with E-state index < -0.39 is 0 Å². The summed E-state index contributed by atoms with van der Waals surface area (Å²) in [5.41, 5.74) is 2.89. The highest BCUT2D eigenvalue weighted by atomic mass is 35.5. The summed E-state index contributed by atoms with van der Waals surface area (Å²) in [7, 11) is 0. The summed E-state index contributed by atoms with van der Waals surface area (Å²) in [5.74, 6) is 0.860. The first-order valence-electron chi connectivity index (χ1n) is 6.95. The summed E-state index contributed by atoms with van der Waals surface area (Å²) in [6.07, 6.45) is 5.18. The van der Waals surface area contributed by atoms with E-state index in [0.717, 1.165) is 45.7 Å². The van der Waals surface area contributed by atoms with Gasteiger partial charge >= 0.3 is 0 Å². The maximum absolute atomic E-state index is 6.06. The first-order chi connectivity index (χ1) is 9.79. The molecule has 20 heavy (non-hydrogen) atoms. The van der Waals surface area contributed by atoms with Gasteiger partial charge in [0, 0.05) is 22.5 Å². The molecule has 3 rings (SSSR count). The van der Waals surface area contributed by atoms with E-state index in [1.54, 1.807) is 6.33 Å². The Kier molecular flexibility index (Phi) is 3.74. The van der Waals surface area contributed by atoms with Crippen LogP contribution in [0.1, 0.15) is 26.2 Å². The summed E-state index contributed by atoms with van der Waals surface area (Å²) >= 11 is 6.06. The third-order valence-electron chi connectivity index (χ3n) is 3.42. The lowest BCUT2D eigenvalue weighted by Crippen LogP contribution is -2.04. The second-order valence-corrected chi connectivity index (χ2v) is 5.33. The summed E-state index contributed by atoms with van der Waals surface area (Å²) < 4.78 is 0. The zero-order valence-electron chi connectivity index (χ0n) is 11.4. The van der Waals surface area contributed by atoms with Crippen molar-refractivity contribution in [2.75, 3.05) is 11.9 Å². The predicted molar refractivity (Wildman–Crippen MR) is 84.4 cm³/mol. The second-order valence-electron chi connectivity index (χ2n) is 4.89. The number of hydrogen-bond acceptors (Lipinski definition) is 3. The first kappa shape index (κ1) is 13.2. The van der Waals surface area contributed by atoms with Gasteiger partial charge < -0.3 is 10.3 Å². The fourth-order valence-electron chi connectivity index (χ4n) is 2.38. The van der Waals surface area contributed by atoms with Crippen LogP contribution in [-0.2, 0) is 0 Å². The molecule has 0 amide bonds. The van der Waals surface area contributed by atoms with Crippen LogP contribution in [0.15, 0.2) is 24.5 Å². The maximum atomic E-state index is 6.06. The van der Waals surface area contributed by atoms with E-state index in [0.29, 0.717) is 0 Å². The van der Waals surface area contributed by atoms with Crippen molar-refractivity contribution in [3.63, 3.8) is 0 Å². The minimum absolute atomic E-state index is 0.717. The normalized spacial score (nSPS) is 11.3. The van der Waals surface area contributed by atoms with Crippen LogP contribution >= 0.6 is 11.6 Å². The molecule has 0 saturated carbocycles. The number of benzene rings is 1. The Bertz CT molecular complexity index is 735. The maximum Gasteiger partial charge on any atom is 0.153 e. The summed E-state index contributed by atoms with van der Waals surface area (Å²) in [4.78, 5) is 12.1. The van der Waals surface area contributed by atoms with Gasteiger partial charge in [-0.2, -0.15) is 0 Å². The van der Waals surface area contributed by atoms with Crippen LogP contribution in [0.4, 0.5) is 5.82 Å². The van der Waals surface area contributed by atoms with Crippen molar-refractivity contribution < 1.29 is 0 Å². The molecule has 0 aliphatic carbocycles. The third kappa shape index (κ3) is 2.43. The molecular formula is C15H17ClN4. The van der Waals surface area contributed by atoms with Gasteiger partial charge in [-0.1, -0.05) is 31.4 Å². The van der Waals surface area contributed by atoms with E-state index in [-0.39, 0.29) is 0 Å². The molecule has 0 fully saturated rings. The molecule has 0 spiro atoms. The number of aromatic amines is 1. The van der Waals surface area contributed by atoms with Gasteiger partial charge in [0.25, 0.3) is 0 Å². The Morgan fingerprint density at radius 3 is 3.00 bits per heavy atom. The Morgan fingerprint density at radius 1 is 1.25 bits per heavy atom. The zero-order chi connectivity index (χ0) is 13.9. The van der Waals surface area contributed by atoms with E-state index >= 15 is 0 Å². The molecule has 3 aromatic rings. The number of nitrogens with one attached hydrogen (secondary N) is 2. The smallest absolute Gasteiger partial charge is 0.153 e. The number of aromatic nitrogens is 3. The van der Waals surface area contributed by atoms with Crippen LogP contribution in [0.5, 0.6) is 0 Å². The topological polar surface area (TPSA) is 53.6 Å². The van der Waals surface area contributed by atoms with Crippen LogP contribution in [0, 0.1) is 0 Å². The number of halogens is 1. The molecule has 2 aromatic heterocycles. The van der Waals surface area contributed by atoms with E-state index in [9.17, 15) is 0 Å². The third-order valence-corrected chi connectivity index (χ3v) is 3.65. The van der Waals surface area contributed by atoms with Gasteiger partial charge in [-0.3, -0.25) is 0 Å². The number of rotatable bonds is 5. The Hall–Kier alpha value is -1.81. The number of nitrogens with zero attached hydrogens (tertiary/aromatic N) is 2. The lowest BCUT2D eigenvalue weighted by Gasteiger charge is -2.05. The Labute approximate surface area is 122 Å². The van der Waals surface area contributed by atoms with Gasteiger partial charge in [0.2, 0.25) is 0 Å². The zero-order valence-corrected chi connectivity index (χ0v) is 12.2. The molecule has 0 radical (unpaired) electrons. The Balaban J connectivity index is 1.99. The van der Waals surface area contributed by atoms with Gasteiger partial charge in [-0.25, -0.2) is 9.97 Å². The fraction of sp³-hybridized carbons (Fsp3) is 0.333. The lowest BCUT2D eigenvalue weighted by atomic mass is 10.2. The molecule has 2 N–H and O–H groups in total. The first-order valence-corrected chi connectivity index (χ1v) is 7.33. The van der Waals surface area contributed by atoms with Gasteiger partial charge in [0.15, 0.2) is 5.82 Å². The molecule has 0 atom stereocenters. The molecule has 0 bridgehead atoms. The quantitative estimate of drug-likeness (QED) is 0.686. The van der Waals surface area contributed by atoms with Crippen molar-refractivity contribution in [2.45, 2.75) is 26.2 Å². The van der Waals surface area contributed by atoms with Crippen LogP contribution in [0.25, 0.3) is 21.9 Å². The molecule has 5 heteroatoms. The number of H-pyrrole nitrogens is 1. The average Bonchev–Trinajstić information content (AvgIpc) is 2.82. The van der Waals surface area contributed by atoms with E-state index in [4.69, 9.17) is 11.6 Å². The summed E-state index contributed by atoms with van der Waals surface area (Å²) in [5, 5.41) is 5.13. The second kappa shape index (κ2) is 5.67. The number of anilines is 1. The largest absolute Gasteiger partial charge is 0.368 e. The monoisotopic (exact) mass is 288 g/mol. The van der Waals surface area contributed by atoms with Gasteiger partial charge in [0.1, 0.15) is 17.4 Å². The molecule has 0 aliphatic heterocycles. The van der Waals surface area contributed by atoms with Crippen molar-refractivity contribution in [3.8, 4) is 0 Å². The number of hydrogen-bond donors (Lipinski definition) is 2. The molecule has 2 heterocycles. The lowest BCUT2D eigenvalue weighted by molar-refractivity contribution is 0.742. The average molecular weight is 289 g/mol. The molecular weight excluding hydrogens is 272 g/mol. The summed E-state index contributed by atoms with van der Waals surface area (Å²) in [6, 6.07) is 5.78. The highest BCUT2D eigenvalue weighted by Crippen LogP contribution is 2.29. The molecule has 4 nitrogen and oxygen atoms in total. The van der Waals surface area contributed by atoms with E-state index in [2.05, 4.69) is 27.2 Å². The van der Waals surface area contributed by atoms with Crippen molar-refractivity contribution in [1.82, 2.24) is 15.0 Å². The minimum atomic E-state index is 0.717. The van der Waals surface area contributed by atoms with Crippen molar-refractivity contribution in [1.29, 1.82) is 0 Å². The molecule has 0 unspecified atom stereocenters. The van der Waals surface area contributed by atoms with E-state index in [1.165, 1.54) is 12.8 Å². The highest BCUT2D eigenvalue weighted by Gasteiger charge is 2.10. The van der Waals surface area contributed by atoms with Gasteiger partial charge in [-0.15, -0.1) is 0 Å². The molecule has 1 aromatic carbocycles. The molecule has 0 saturated heterocycles. The minimum Gasteiger partial charge on any atom is -0.368 e. The van der Waals surface area contributed by atoms with Crippen molar-refractivity contribution >= 4 is 39.4 Å². The van der Waals surface area contributed by atoms with Crippen LogP contribution < -0.4 is 5.32 Å². The predicted octanol–water partition coefficient (Wildman–Crippen LogP) is 4.37. The van der Waals surface area contributed by atoms with E-state index in [1.807, 2.05) is 18.2 Å². The van der Waals surface area contributed by atoms with Gasteiger partial charge in [0.05, 0.1) is 0 Å². The Morgan fingerprint density at radius 2 is 2.15 bits per heavy atom. The SMILES string of the molecule is CCCCCNc1ncnc2c1[nH]c1ccc(Cl)cc12. The van der Waals surface area contributed by atoms with Crippen LogP contribution in [-0.4, -0.2) is 21.5 Å². The number of fused-ring (bicyclic) bond motifs is 3. The summed E-state index contributed by atoms with van der Waals surface area (Å²) in [6.45, 7) is 3.13. The van der Waals surface area contributed by atoms with Crippen molar-refractivity contribution in [2.24, 2.45) is 0 Å². The van der Waals surface area contributed by atoms with Gasteiger partial charge in [-0.05, 0) is 24.6 Å². The number of unbranched alkanes of at least 4 members (excludes halogenated alkanes) is 2. The van der Waals surface area contributed by atoms with Crippen LogP contribution in [0.2, 0.25) is 5.02 Å². The van der Waals surface area contributed by atoms with Crippen LogP contribution in [0.3, 0.4) is 0 Å². The standard InChI is InChI=1S/C15H17ClN4/c1-2-3-4-7-17-15-14-13(18-9-19-15)11-8-10(16)5-6-12(11)20-14/h5-6,8-9,20H,2-4,7H2,1H3,(H,17,18,19). The van der Waals surface area contributed by atoms with Crippen molar-refractivity contribution in [3.05, 3.63) is 29.5 Å². The molecule has 0 aliphatic rings. The highest BCUT2D eigenvalue weighted by molar-refractivity contribution is 6.31. The molecule has 104 valence electrons.